The van der Waals surface area contributed by atoms with E-state index in [9.17, 15) is 0 Å². The van der Waals surface area contributed by atoms with Gasteiger partial charge in [0, 0.05) is 18.0 Å². The van der Waals surface area contributed by atoms with Crippen LogP contribution in [-0.4, -0.2) is 23.0 Å². The number of nitrogens with zero attached hydrogens (tertiary/aromatic N) is 2. The van der Waals surface area contributed by atoms with Crippen LogP contribution >= 0.6 is 11.3 Å². The van der Waals surface area contributed by atoms with Crippen LogP contribution in [0.4, 0.5) is 0 Å². The highest BCUT2D eigenvalue weighted by Gasteiger charge is 2.13. The largest absolute Gasteiger partial charge is 0.322 e. The zero-order chi connectivity index (χ0) is 13.0. The van der Waals surface area contributed by atoms with E-state index in [-0.39, 0.29) is 6.04 Å². The standard InChI is InChI=1S/C13H25N3S/c1-9(2)6-10(3)16(5)7-12-8-17-13(15-12)11(4)14/h8-11H,6-7,14H2,1-5H3. The third-order valence-corrected chi connectivity index (χ3v) is 4.03. The third kappa shape index (κ3) is 4.74. The molecule has 98 valence electrons. The Bertz CT molecular complexity index is 333. The summed E-state index contributed by atoms with van der Waals surface area (Å²) in [6, 6.07) is 0.641. The summed E-state index contributed by atoms with van der Waals surface area (Å²) in [5, 5.41) is 3.15. The number of aromatic nitrogens is 1. The molecular weight excluding hydrogens is 230 g/mol. The molecule has 3 nitrogen and oxygen atoms in total. The van der Waals surface area contributed by atoms with Crippen molar-refractivity contribution in [2.45, 2.75) is 52.7 Å². The Kier molecular flexibility index (Phi) is 5.56. The minimum atomic E-state index is 0.0483. The fraction of sp³-hybridized carbons (Fsp3) is 0.769. The zero-order valence-electron chi connectivity index (χ0n) is 11.6. The smallest absolute Gasteiger partial charge is 0.109 e. The Balaban J connectivity index is 2.52. The Morgan fingerprint density at radius 3 is 2.47 bits per heavy atom. The van der Waals surface area contributed by atoms with E-state index >= 15 is 0 Å². The molecule has 0 saturated heterocycles. The summed E-state index contributed by atoms with van der Waals surface area (Å²) in [5.41, 5.74) is 6.96. The average Bonchev–Trinajstić information content (AvgIpc) is 2.65. The molecule has 0 spiro atoms. The fourth-order valence-corrected chi connectivity index (χ4v) is 2.65. The average molecular weight is 255 g/mol. The second-order valence-electron chi connectivity index (χ2n) is 5.36. The minimum Gasteiger partial charge on any atom is -0.322 e. The lowest BCUT2D eigenvalue weighted by atomic mass is 10.0. The fourth-order valence-electron chi connectivity index (χ4n) is 1.88. The van der Waals surface area contributed by atoms with Crippen LogP contribution in [0.3, 0.4) is 0 Å². The lowest BCUT2D eigenvalue weighted by Gasteiger charge is -2.25. The van der Waals surface area contributed by atoms with Gasteiger partial charge in [-0.25, -0.2) is 4.98 Å². The van der Waals surface area contributed by atoms with E-state index in [1.165, 1.54) is 6.42 Å². The van der Waals surface area contributed by atoms with Gasteiger partial charge >= 0.3 is 0 Å². The third-order valence-electron chi connectivity index (χ3n) is 2.94. The predicted octanol–water partition coefficient (Wildman–Crippen LogP) is 3.03. The van der Waals surface area contributed by atoms with E-state index in [0.717, 1.165) is 23.2 Å². The highest BCUT2D eigenvalue weighted by molar-refractivity contribution is 7.09. The molecule has 1 heterocycles. The molecule has 17 heavy (non-hydrogen) atoms. The van der Waals surface area contributed by atoms with Crippen LogP contribution < -0.4 is 5.73 Å². The molecule has 0 aliphatic heterocycles. The van der Waals surface area contributed by atoms with Gasteiger partial charge in [-0.15, -0.1) is 11.3 Å². The molecule has 0 fully saturated rings. The number of hydrogen-bond donors (Lipinski definition) is 1. The van der Waals surface area contributed by atoms with Crippen LogP contribution in [0.25, 0.3) is 0 Å². The lowest BCUT2D eigenvalue weighted by molar-refractivity contribution is 0.218. The highest BCUT2D eigenvalue weighted by Crippen LogP contribution is 2.18. The summed E-state index contributed by atoms with van der Waals surface area (Å²) in [6.07, 6.45) is 1.22. The molecule has 1 aromatic rings. The Morgan fingerprint density at radius 2 is 2.00 bits per heavy atom. The van der Waals surface area contributed by atoms with Crippen LogP contribution in [0, 0.1) is 5.92 Å². The molecule has 2 atom stereocenters. The molecule has 1 rings (SSSR count). The van der Waals surface area contributed by atoms with Gasteiger partial charge in [-0.2, -0.15) is 0 Å². The maximum atomic E-state index is 5.82. The van der Waals surface area contributed by atoms with Crippen LogP contribution in [0.1, 0.15) is 50.9 Å². The summed E-state index contributed by atoms with van der Waals surface area (Å²) < 4.78 is 0. The topological polar surface area (TPSA) is 42.1 Å². The van der Waals surface area contributed by atoms with Gasteiger partial charge in [0.2, 0.25) is 0 Å². The van der Waals surface area contributed by atoms with Gasteiger partial charge in [0.25, 0.3) is 0 Å². The quantitative estimate of drug-likeness (QED) is 0.849. The van der Waals surface area contributed by atoms with Crippen molar-refractivity contribution in [1.82, 2.24) is 9.88 Å². The monoisotopic (exact) mass is 255 g/mol. The first kappa shape index (κ1) is 14.6. The summed E-state index contributed by atoms with van der Waals surface area (Å²) in [4.78, 5) is 6.92. The first-order chi connectivity index (χ1) is 7.90. The first-order valence-corrected chi connectivity index (χ1v) is 7.18. The molecule has 2 N–H and O–H groups in total. The molecular formula is C13H25N3S. The van der Waals surface area contributed by atoms with Crippen molar-refractivity contribution in [3.8, 4) is 0 Å². The van der Waals surface area contributed by atoms with E-state index < -0.39 is 0 Å². The zero-order valence-corrected chi connectivity index (χ0v) is 12.4. The second kappa shape index (κ2) is 6.47. The molecule has 1 aromatic heterocycles. The van der Waals surface area contributed by atoms with E-state index in [2.05, 4.69) is 43.1 Å². The van der Waals surface area contributed by atoms with Crippen LogP contribution in [0.5, 0.6) is 0 Å². The van der Waals surface area contributed by atoms with Crippen molar-refractivity contribution >= 4 is 11.3 Å². The van der Waals surface area contributed by atoms with Crippen LogP contribution in [0.15, 0.2) is 5.38 Å². The molecule has 2 unspecified atom stereocenters. The summed E-state index contributed by atoms with van der Waals surface area (Å²) in [7, 11) is 2.16. The van der Waals surface area contributed by atoms with E-state index in [1.807, 2.05) is 6.92 Å². The molecule has 0 amide bonds. The van der Waals surface area contributed by atoms with Crippen molar-refractivity contribution in [3.05, 3.63) is 16.1 Å². The van der Waals surface area contributed by atoms with Gasteiger partial charge in [-0.1, -0.05) is 13.8 Å². The van der Waals surface area contributed by atoms with Gasteiger partial charge in [0.15, 0.2) is 0 Å². The molecule has 0 radical (unpaired) electrons. The summed E-state index contributed by atoms with van der Waals surface area (Å²) in [6.45, 7) is 9.70. The van der Waals surface area contributed by atoms with E-state index in [1.54, 1.807) is 11.3 Å². The van der Waals surface area contributed by atoms with Gasteiger partial charge < -0.3 is 5.73 Å². The predicted molar refractivity (Wildman–Crippen MR) is 75.1 cm³/mol. The second-order valence-corrected chi connectivity index (χ2v) is 6.25. The molecule has 0 saturated carbocycles. The SMILES string of the molecule is CC(C)CC(C)N(C)Cc1csc(C(C)N)n1. The number of thiazole rings is 1. The highest BCUT2D eigenvalue weighted by atomic mass is 32.1. The van der Waals surface area contributed by atoms with E-state index in [4.69, 9.17) is 5.73 Å². The van der Waals surface area contributed by atoms with Crippen molar-refractivity contribution < 1.29 is 0 Å². The lowest BCUT2D eigenvalue weighted by Crippen LogP contribution is -2.29. The maximum Gasteiger partial charge on any atom is 0.109 e. The van der Waals surface area contributed by atoms with Crippen LogP contribution in [0.2, 0.25) is 0 Å². The number of hydrogen-bond acceptors (Lipinski definition) is 4. The maximum absolute atomic E-state index is 5.82. The molecule has 0 aromatic carbocycles. The Hall–Kier alpha value is -0.450. The van der Waals surface area contributed by atoms with Crippen LogP contribution in [-0.2, 0) is 6.54 Å². The van der Waals surface area contributed by atoms with E-state index in [0.29, 0.717) is 6.04 Å². The molecule has 0 bridgehead atoms. The molecule has 4 heteroatoms. The van der Waals surface area contributed by atoms with Gasteiger partial charge in [-0.05, 0) is 33.2 Å². The minimum absolute atomic E-state index is 0.0483. The normalized spacial score (nSPS) is 15.5. The molecule has 0 aliphatic carbocycles. The molecule has 0 aliphatic rings. The van der Waals surface area contributed by atoms with Crippen molar-refractivity contribution in [3.63, 3.8) is 0 Å². The summed E-state index contributed by atoms with van der Waals surface area (Å²) in [5.74, 6) is 0.738. The Labute approximate surface area is 109 Å². The Morgan fingerprint density at radius 1 is 1.35 bits per heavy atom. The van der Waals surface area contributed by atoms with Gasteiger partial charge in [-0.3, -0.25) is 4.90 Å². The van der Waals surface area contributed by atoms with Gasteiger partial charge in [0.1, 0.15) is 5.01 Å². The summed E-state index contributed by atoms with van der Waals surface area (Å²) >= 11 is 1.66. The first-order valence-electron chi connectivity index (χ1n) is 6.30. The number of rotatable bonds is 6. The van der Waals surface area contributed by atoms with Crippen molar-refractivity contribution in [2.75, 3.05) is 7.05 Å². The van der Waals surface area contributed by atoms with Crippen molar-refractivity contribution in [1.29, 1.82) is 0 Å². The van der Waals surface area contributed by atoms with Crippen molar-refractivity contribution in [2.24, 2.45) is 11.7 Å². The van der Waals surface area contributed by atoms with Gasteiger partial charge in [0.05, 0.1) is 11.7 Å². The number of nitrogens with two attached hydrogens (primary N) is 1.